The normalized spacial score (nSPS) is 12.3. The van der Waals surface area contributed by atoms with E-state index in [-0.39, 0.29) is 5.82 Å². The summed E-state index contributed by atoms with van der Waals surface area (Å²) < 4.78 is 14.7. The fourth-order valence-electron chi connectivity index (χ4n) is 2.45. The topological polar surface area (TPSA) is 12.0 Å². The zero-order valence-electron chi connectivity index (χ0n) is 11.6. The molecule has 2 aromatic rings. The van der Waals surface area contributed by atoms with E-state index in [2.05, 4.69) is 33.4 Å². The first-order valence-corrected chi connectivity index (χ1v) is 7.61. The van der Waals surface area contributed by atoms with Crippen molar-refractivity contribution in [1.82, 2.24) is 5.32 Å². The third kappa shape index (κ3) is 4.43. The highest BCUT2D eigenvalue weighted by Gasteiger charge is 2.13. The molecule has 0 bridgehead atoms. The van der Waals surface area contributed by atoms with Crippen LogP contribution < -0.4 is 5.32 Å². The van der Waals surface area contributed by atoms with Crippen LogP contribution in [-0.4, -0.2) is 13.6 Å². The van der Waals surface area contributed by atoms with Gasteiger partial charge in [-0.05, 0) is 55.6 Å². The van der Waals surface area contributed by atoms with Crippen LogP contribution in [-0.2, 0) is 12.8 Å². The van der Waals surface area contributed by atoms with Crippen LogP contribution in [0.15, 0.2) is 53.0 Å². The van der Waals surface area contributed by atoms with Gasteiger partial charge in [0, 0.05) is 4.47 Å². The van der Waals surface area contributed by atoms with Crippen molar-refractivity contribution in [2.75, 3.05) is 13.6 Å². The van der Waals surface area contributed by atoms with Gasteiger partial charge in [0.1, 0.15) is 5.82 Å². The molecule has 0 fully saturated rings. The minimum absolute atomic E-state index is 0.131. The molecule has 1 nitrogen and oxygen atoms in total. The Bertz CT molecular complexity index is 542. The Morgan fingerprint density at radius 2 is 1.85 bits per heavy atom. The lowest BCUT2D eigenvalue weighted by Crippen LogP contribution is -2.23. The number of hydrogen-bond acceptors (Lipinski definition) is 1. The summed E-state index contributed by atoms with van der Waals surface area (Å²) in [6, 6.07) is 15.7. The van der Waals surface area contributed by atoms with Gasteiger partial charge in [0.05, 0.1) is 0 Å². The van der Waals surface area contributed by atoms with E-state index in [4.69, 9.17) is 0 Å². The molecule has 106 valence electrons. The highest BCUT2D eigenvalue weighted by Crippen LogP contribution is 2.20. The van der Waals surface area contributed by atoms with E-state index >= 15 is 0 Å². The van der Waals surface area contributed by atoms with Crippen LogP contribution in [0.3, 0.4) is 0 Å². The maximum Gasteiger partial charge on any atom is 0.127 e. The summed E-state index contributed by atoms with van der Waals surface area (Å²) in [6.07, 6.45) is 1.70. The molecule has 0 aliphatic rings. The van der Waals surface area contributed by atoms with Crippen molar-refractivity contribution in [3.05, 3.63) is 69.9 Å². The van der Waals surface area contributed by atoms with Crippen molar-refractivity contribution in [3.63, 3.8) is 0 Å². The third-order valence-corrected chi connectivity index (χ3v) is 3.88. The van der Waals surface area contributed by atoms with Gasteiger partial charge in [-0.3, -0.25) is 0 Å². The predicted molar refractivity (Wildman–Crippen MR) is 85.4 cm³/mol. The average molecular weight is 336 g/mol. The second kappa shape index (κ2) is 7.55. The molecule has 0 saturated heterocycles. The molecule has 0 aliphatic heterocycles. The third-order valence-electron chi connectivity index (χ3n) is 3.38. The molecule has 1 N–H and O–H groups in total. The van der Waals surface area contributed by atoms with Crippen LogP contribution in [0, 0.1) is 11.7 Å². The smallest absolute Gasteiger partial charge is 0.127 e. The summed E-state index contributed by atoms with van der Waals surface area (Å²) in [7, 11) is 1.94. The molecule has 0 saturated carbocycles. The molecular weight excluding hydrogens is 317 g/mol. The summed E-state index contributed by atoms with van der Waals surface area (Å²) >= 11 is 3.29. The predicted octanol–water partition coefficient (Wildman–Crippen LogP) is 4.21. The largest absolute Gasteiger partial charge is 0.319 e. The van der Waals surface area contributed by atoms with Crippen molar-refractivity contribution in [3.8, 4) is 0 Å². The molecule has 0 radical (unpaired) electrons. The number of halogens is 2. The molecule has 2 rings (SSSR count). The molecule has 0 spiro atoms. The molecule has 0 amide bonds. The van der Waals surface area contributed by atoms with Crippen LogP contribution in [0.25, 0.3) is 0 Å². The van der Waals surface area contributed by atoms with E-state index in [1.165, 1.54) is 11.6 Å². The van der Waals surface area contributed by atoms with E-state index in [1.807, 2.05) is 37.4 Å². The van der Waals surface area contributed by atoms with Crippen LogP contribution >= 0.6 is 15.9 Å². The van der Waals surface area contributed by atoms with Gasteiger partial charge in [0.2, 0.25) is 0 Å². The Morgan fingerprint density at radius 3 is 2.50 bits per heavy atom. The van der Waals surface area contributed by atoms with Crippen molar-refractivity contribution in [1.29, 1.82) is 0 Å². The van der Waals surface area contributed by atoms with Gasteiger partial charge in [-0.1, -0.05) is 52.3 Å². The standard InChI is InChI=1S/C17H19BrFN/c1-20-12-14(9-13-5-3-2-4-6-13)10-15-7-8-16(18)11-17(15)19/h2-8,11,14,20H,9-10,12H2,1H3. The number of benzene rings is 2. The van der Waals surface area contributed by atoms with Gasteiger partial charge in [0.25, 0.3) is 0 Å². The summed E-state index contributed by atoms with van der Waals surface area (Å²) in [5, 5.41) is 3.21. The Kier molecular flexibility index (Phi) is 5.74. The van der Waals surface area contributed by atoms with Crippen molar-refractivity contribution in [2.24, 2.45) is 5.92 Å². The van der Waals surface area contributed by atoms with Gasteiger partial charge in [0.15, 0.2) is 0 Å². The first kappa shape index (κ1) is 15.2. The van der Waals surface area contributed by atoms with Crippen molar-refractivity contribution in [2.45, 2.75) is 12.8 Å². The zero-order chi connectivity index (χ0) is 14.4. The minimum atomic E-state index is -0.131. The van der Waals surface area contributed by atoms with E-state index in [9.17, 15) is 4.39 Å². The summed E-state index contributed by atoms with van der Waals surface area (Å²) in [6.45, 7) is 0.879. The molecular formula is C17H19BrFN. The number of rotatable bonds is 6. The molecule has 0 aromatic heterocycles. The van der Waals surface area contributed by atoms with Gasteiger partial charge in [-0.25, -0.2) is 4.39 Å². The molecule has 20 heavy (non-hydrogen) atoms. The molecule has 1 unspecified atom stereocenters. The van der Waals surface area contributed by atoms with Crippen LogP contribution in [0.4, 0.5) is 4.39 Å². The molecule has 1 atom stereocenters. The molecule has 0 heterocycles. The molecule has 2 aromatic carbocycles. The van der Waals surface area contributed by atoms with Crippen molar-refractivity contribution >= 4 is 15.9 Å². The van der Waals surface area contributed by atoms with Crippen molar-refractivity contribution < 1.29 is 4.39 Å². The second-order valence-electron chi connectivity index (χ2n) is 5.05. The number of hydrogen-bond donors (Lipinski definition) is 1. The number of nitrogens with one attached hydrogen (secondary N) is 1. The van der Waals surface area contributed by atoms with Crippen LogP contribution in [0.2, 0.25) is 0 Å². The first-order chi connectivity index (χ1) is 9.69. The summed E-state index contributed by atoms with van der Waals surface area (Å²) in [5.74, 6) is 0.256. The highest BCUT2D eigenvalue weighted by atomic mass is 79.9. The Balaban J connectivity index is 2.09. The van der Waals surface area contributed by atoms with Crippen LogP contribution in [0.5, 0.6) is 0 Å². The first-order valence-electron chi connectivity index (χ1n) is 6.81. The summed E-state index contributed by atoms with van der Waals surface area (Å²) in [4.78, 5) is 0. The Morgan fingerprint density at radius 1 is 1.10 bits per heavy atom. The lowest BCUT2D eigenvalue weighted by atomic mass is 9.92. The van der Waals surface area contributed by atoms with E-state index in [0.717, 1.165) is 29.4 Å². The van der Waals surface area contributed by atoms with E-state index in [0.29, 0.717) is 5.92 Å². The fraction of sp³-hybridized carbons (Fsp3) is 0.294. The Hall–Kier alpha value is -1.19. The maximum atomic E-state index is 13.9. The quantitative estimate of drug-likeness (QED) is 0.833. The van der Waals surface area contributed by atoms with E-state index < -0.39 is 0 Å². The van der Waals surface area contributed by atoms with Crippen LogP contribution in [0.1, 0.15) is 11.1 Å². The van der Waals surface area contributed by atoms with Gasteiger partial charge in [-0.2, -0.15) is 0 Å². The van der Waals surface area contributed by atoms with E-state index in [1.54, 1.807) is 0 Å². The lowest BCUT2D eigenvalue weighted by molar-refractivity contribution is 0.479. The fourth-order valence-corrected chi connectivity index (χ4v) is 2.78. The molecule has 3 heteroatoms. The summed E-state index contributed by atoms with van der Waals surface area (Å²) in [5.41, 5.74) is 2.08. The van der Waals surface area contributed by atoms with Gasteiger partial charge in [-0.15, -0.1) is 0 Å². The Labute approximate surface area is 128 Å². The van der Waals surface area contributed by atoms with Gasteiger partial charge >= 0.3 is 0 Å². The zero-order valence-corrected chi connectivity index (χ0v) is 13.2. The lowest BCUT2D eigenvalue weighted by Gasteiger charge is -2.17. The highest BCUT2D eigenvalue weighted by molar-refractivity contribution is 9.10. The average Bonchev–Trinajstić information content (AvgIpc) is 2.43. The minimum Gasteiger partial charge on any atom is -0.319 e. The monoisotopic (exact) mass is 335 g/mol. The molecule has 0 aliphatic carbocycles. The van der Waals surface area contributed by atoms with Gasteiger partial charge < -0.3 is 5.32 Å². The maximum absolute atomic E-state index is 13.9. The SMILES string of the molecule is CNCC(Cc1ccccc1)Cc1ccc(Br)cc1F. The second-order valence-corrected chi connectivity index (χ2v) is 5.97.